The fourth-order valence-corrected chi connectivity index (χ4v) is 2.28. The summed E-state index contributed by atoms with van der Waals surface area (Å²) in [4.78, 5) is 0. The molecule has 2 nitrogen and oxygen atoms in total. The van der Waals surface area contributed by atoms with Crippen molar-refractivity contribution in [1.29, 1.82) is 0 Å². The van der Waals surface area contributed by atoms with E-state index in [9.17, 15) is 0 Å². The van der Waals surface area contributed by atoms with Crippen molar-refractivity contribution in [3.63, 3.8) is 0 Å². The van der Waals surface area contributed by atoms with E-state index in [1.807, 2.05) is 0 Å². The minimum absolute atomic E-state index is 0.429. The molecule has 2 heteroatoms. The molecule has 0 saturated carbocycles. The van der Waals surface area contributed by atoms with Crippen LogP contribution in [-0.4, -0.2) is 18.8 Å². The van der Waals surface area contributed by atoms with Gasteiger partial charge in [-0.15, -0.1) is 0 Å². The molecule has 0 amide bonds. The molecule has 2 N–H and O–H groups in total. The SMILES string of the molecule is CCCCCC(N)CCCC1CCCO1. The maximum absolute atomic E-state index is 6.06. The molecule has 1 aliphatic heterocycles. The Hall–Kier alpha value is -0.0800. The zero-order valence-corrected chi connectivity index (χ0v) is 10.2. The molecule has 1 rings (SSSR count). The lowest BCUT2D eigenvalue weighted by Crippen LogP contribution is -2.20. The van der Waals surface area contributed by atoms with E-state index in [1.165, 1.54) is 57.8 Å². The summed E-state index contributed by atoms with van der Waals surface area (Å²) in [5.41, 5.74) is 6.06. The second-order valence-corrected chi connectivity index (χ2v) is 4.82. The Balaban J connectivity index is 1.89. The lowest BCUT2D eigenvalue weighted by atomic mass is 10.0. The molecule has 0 aromatic rings. The largest absolute Gasteiger partial charge is 0.378 e. The van der Waals surface area contributed by atoms with Gasteiger partial charge in [-0.25, -0.2) is 0 Å². The summed E-state index contributed by atoms with van der Waals surface area (Å²) in [5.74, 6) is 0. The topological polar surface area (TPSA) is 35.2 Å². The number of nitrogens with two attached hydrogens (primary N) is 1. The zero-order chi connectivity index (χ0) is 10.9. The number of hydrogen-bond acceptors (Lipinski definition) is 2. The van der Waals surface area contributed by atoms with Crippen LogP contribution < -0.4 is 5.73 Å². The third-order valence-electron chi connectivity index (χ3n) is 3.30. The fraction of sp³-hybridized carbons (Fsp3) is 1.00. The summed E-state index contributed by atoms with van der Waals surface area (Å²) in [6, 6.07) is 0.429. The van der Waals surface area contributed by atoms with E-state index < -0.39 is 0 Å². The van der Waals surface area contributed by atoms with Gasteiger partial charge in [-0.2, -0.15) is 0 Å². The fourth-order valence-electron chi connectivity index (χ4n) is 2.28. The van der Waals surface area contributed by atoms with Crippen LogP contribution in [0.4, 0.5) is 0 Å². The highest BCUT2D eigenvalue weighted by molar-refractivity contribution is 4.67. The predicted molar refractivity (Wildman–Crippen MR) is 64.9 cm³/mol. The van der Waals surface area contributed by atoms with Crippen LogP contribution in [0.3, 0.4) is 0 Å². The molecule has 0 spiro atoms. The summed E-state index contributed by atoms with van der Waals surface area (Å²) >= 11 is 0. The molecule has 0 bridgehead atoms. The second kappa shape index (κ2) is 8.12. The molecule has 0 radical (unpaired) electrons. The Bertz CT molecular complexity index is 143. The van der Waals surface area contributed by atoms with E-state index in [2.05, 4.69) is 6.92 Å². The summed E-state index contributed by atoms with van der Waals surface area (Å²) in [6.45, 7) is 3.22. The van der Waals surface area contributed by atoms with E-state index in [-0.39, 0.29) is 0 Å². The lowest BCUT2D eigenvalue weighted by Gasteiger charge is -2.13. The smallest absolute Gasteiger partial charge is 0.0576 e. The van der Waals surface area contributed by atoms with Gasteiger partial charge in [0.05, 0.1) is 6.10 Å². The van der Waals surface area contributed by atoms with Crippen molar-refractivity contribution < 1.29 is 4.74 Å². The highest BCUT2D eigenvalue weighted by Crippen LogP contribution is 2.18. The van der Waals surface area contributed by atoms with E-state index in [1.54, 1.807) is 0 Å². The average Bonchev–Trinajstić information content (AvgIpc) is 2.71. The van der Waals surface area contributed by atoms with Crippen LogP contribution in [0, 0.1) is 0 Å². The third kappa shape index (κ3) is 6.16. The number of hydrogen-bond donors (Lipinski definition) is 1. The first-order chi connectivity index (χ1) is 7.33. The van der Waals surface area contributed by atoms with Crippen molar-refractivity contribution >= 4 is 0 Å². The van der Waals surface area contributed by atoms with Gasteiger partial charge in [0.25, 0.3) is 0 Å². The van der Waals surface area contributed by atoms with Gasteiger partial charge in [0.2, 0.25) is 0 Å². The molecule has 2 atom stereocenters. The van der Waals surface area contributed by atoms with Crippen LogP contribution in [0.2, 0.25) is 0 Å². The van der Waals surface area contributed by atoms with Crippen molar-refractivity contribution in [2.45, 2.75) is 76.9 Å². The molecule has 15 heavy (non-hydrogen) atoms. The minimum Gasteiger partial charge on any atom is -0.378 e. The van der Waals surface area contributed by atoms with Gasteiger partial charge in [0, 0.05) is 12.6 Å². The maximum Gasteiger partial charge on any atom is 0.0576 e. The van der Waals surface area contributed by atoms with Gasteiger partial charge < -0.3 is 10.5 Å². The van der Waals surface area contributed by atoms with Crippen molar-refractivity contribution in [2.24, 2.45) is 5.73 Å². The predicted octanol–water partition coefficient (Wildman–Crippen LogP) is 3.24. The van der Waals surface area contributed by atoms with E-state index >= 15 is 0 Å². The van der Waals surface area contributed by atoms with Gasteiger partial charge in [-0.3, -0.25) is 0 Å². The first kappa shape index (κ1) is 13.0. The summed E-state index contributed by atoms with van der Waals surface area (Å²) in [6.07, 6.45) is 11.9. The van der Waals surface area contributed by atoms with Gasteiger partial charge in [0.1, 0.15) is 0 Å². The van der Waals surface area contributed by atoms with E-state index in [0.717, 1.165) is 6.61 Å². The zero-order valence-electron chi connectivity index (χ0n) is 10.2. The number of ether oxygens (including phenoxy) is 1. The Kier molecular flexibility index (Phi) is 7.03. The molecule has 1 saturated heterocycles. The van der Waals surface area contributed by atoms with Crippen LogP contribution in [0.15, 0.2) is 0 Å². The highest BCUT2D eigenvalue weighted by Gasteiger charge is 2.15. The molecule has 1 heterocycles. The Morgan fingerprint density at radius 2 is 2.07 bits per heavy atom. The molecule has 0 aromatic carbocycles. The van der Waals surface area contributed by atoms with Gasteiger partial charge in [0.15, 0.2) is 0 Å². The summed E-state index contributed by atoms with van der Waals surface area (Å²) in [5, 5.41) is 0. The highest BCUT2D eigenvalue weighted by atomic mass is 16.5. The third-order valence-corrected chi connectivity index (χ3v) is 3.30. The Morgan fingerprint density at radius 1 is 1.27 bits per heavy atom. The van der Waals surface area contributed by atoms with Crippen molar-refractivity contribution in [3.05, 3.63) is 0 Å². The molecule has 1 fully saturated rings. The summed E-state index contributed by atoms with van der Waals surface area (Å²) < 4.78 is 5.59. The first-order valence-electron chi connectivity index (χ1n) is 6.70. The molecule has 0 aromatic heterocycles. The standard InChI is InChI=1S/C13H27NO/c1-2-3-4-7-12(14)8-5-9-13-10-6-11-15-13/h12-13H,2-11,14H2,1H3. The van der Waals surface area contributed by atoms with Crippen LogP contribution in [0.1, 0.15) is 64.7 Å². The van der Waals surface area contributed by atoms with E-state index in [0.29, 0.717) is 12.1 Å². The van der Waals surface area contributed by atoms with Crippen LogP contribution in [-0.2, 0) is 4.74 Å². The van der Waals surface area contributed by atoms with Crippen LogP contribution in [0.5, 0.6) is 0 Å². The Labute approximate surface area is 94.6 Å². The van der Waals surface area contributed by atoms with Crippen LogP contribution in [0.25, 0.3) is 0 Å². The van der Waals surface area contributed by atoms with Crippen molar-refractivity contribution in [1.82, 2.24) is 0 Å². The first-order valence-corrected chi connectivity index (χ1v) is 6.70. The average molecular weight is 213 g/mol. The van der Waals surface area contributed by atoms with Gasteiger partial charge in [-0.05, 0) is 38.5 Å². The molecule has 2 unspecified atom stereocenters. The normalized spacial score (nSPS) is 23.2. The second-order valence-electron chi connectivity index (χ2n) is 4.82. The molecular weight excluding hydrogens is 186 g/mol. The molecule has 90 valence electrons. The van der Waals surface area contributed by atoms with Crippen molar-refractivity contribution in [2.75, 3.05) is 6.61 Å². The Morgan fingerprint density at radius 3 is 2.73 bits per heavy atom. The molecular formula is C13H27NO. The van der Waals surface area contributed by atoms with Gasteiger partial charge in [-0.1, -0.05) is 26.2 Å². The van der Waals surface area contributed by atoms with E-state index in [4.69, 9.17) is 10.5 Å². The maximum atomic E-state index is 6.06. The lowest BCUT2D eigenvalue weighted by molar-refractivity contribution is 0.101. The molecule has 1 aliphatic rings. The van der Waals surface area contributed by atoms with Crippen molar-refractivity contribution in [3.8, 4) is 0 Å². The number of unbranched alkanes of at least 4 members (excludes halogenated alkanes) is 2. The summed E-state index contributed by atoms with van der Waals surface area (Å²) in [7, 11) is 0. The van der Waals surface area contributed by atoms with Crippen LogP contribution >= 0.6 is 0 Å². The number of rotatable bonds is 8. The quantitative estimate of drug-likeness (QED) is 0.628. The van der Waals surface area contributed by atoms with Gasteiger partial charge >= 0.3 is 0 Å². The monoisotopic (exact) mass is 213 g/mol. The minimum atomic E-state index is 0.429. The molecule has 0 aliphatic carbocycles.